The molecular formula is C22H18FN3O4. The van der Waals surface area contributed by atoms with Gasteiger partial charge in [-0.3, -0.25) is 19.7 Å². The van der Waals surface area contributed by atoms with Crippen molar-refractivity contribution in [3.63, 3.8) is 0 Å². The van der Waals surface area contributed by atoms with E-state index in [4.69, 9.17) is 0 Å². The Morgan fingerprint density at radius 2 is 1.60 bits per heavy atom. The lowest BCUT2D eigenvalue weighted by molar-refractivity contribution is -0.387. The molecular weight excluding hydrogens is 389 g/mol. The van der Waals surface area contributed by atoms with E-state index in [0.717, 1.165) is 17.7 Å². The van der Waals surface area contributed by atoms with Crippen molar-refractivity contribution in [2.75, 3.05) is 5.32 Å². The van der Waals surface area contributed by atoms with Crippen LogP contribution in [0.4, 0.5) is 15.8 Å². The second-order valence-electron chi connectivity index (χ2n) is 6.49. The van der Waals surface area contributed by atoms with E-state index in [1.807, 2.05) is 30.3 Å². The third-order valence-electron chi connectivity index (χ3n) is 4.35. The maximum atomic E-state index is 13.6. The highest BCUT2D eigenvalue weighted by molar-refractivity contribution is 6.01. The SMILES string of the molecule is O=C(NC(Cc1ccccc1)C(=O)Nc1ccc(F)c([N+](=O)[O-])c1)c1ccccc1. The van der Waals surface area contributed by atoms with Crippen LogP contribution in [-0.4, -0.2) is 22.8 Å². The van der Waals surface area contributed by atoms with E-state index in [1.54, 1.807) is 30.3 Å². The summed E-state index contributed by atoms with van der Waals surface area (Å²) in [5, 5.41) is 16.1. The summed E-state index contributed by atoms with van der Waals surface area (Å²) in [5.74, 6) is -2.02. The van der Waals surface area contributed by atoms with Crippen LogP contribution in [0.25, 0.3) is 0 Å². The second-order valence-corrected chi connectivity index (χ2v) is 6.49. The van der Waals surface area contributed by atoms with Crippen molar-refractivity contribution in [3.8, 4) is 0 Å². The highest BCUT2D eigenvalue weighted by Crippen LogP contribution is 2.22. The predicted octanol–water partition coefficient (Wildman–Crippen LogP) is 3.71. The first-order chi connectivity index (χ1) is 14.4. The van der Waals surface area contributed by atoms with Crippen LogP contribution in [0.1, 0.15) is 15.9 Å². The first-order valence-corrected chi connectivity index (χ1v) is 9.08. The van der Waals surface area contributed by atoms with Crippen LogP contribution in [0.15, 0.2) is 78.9 Å². The number of nitrogens with one attached hydrogen (secondary N) is 2. The average Bonchev–Trinajstić information content (AvgIpc) is 2.75. The zero-order valence-electron chi connectivity index (χ0n) is 15.7. The molecule has 0 bridgehead atoms. The molecule has 0 aromatic heterocycles. The number of amides is 2. The van der Waals surface area contributed by atoms with E-state index in [2.05, 4.69) is 10.6 Å². The van der Waals surface area contributed by atoms with Crippen LogP contribution in [0.2, 0.25) is 0 Å². The number of benzene rings is 3. The van der Waals surface area contributed by atoms with Crippen molar-refractivity contribution in [2.45, 2.75) is 12.5 Å². The van der Waals surface area contributed by atoms with Crippen molar-refractivity contribution >= 4 is 23.2 Å². The number of rotatable bonds is 7. The predicted molar refractivity (Wildman–Crippen MR) is 110 cm³/mol. The third kappa shape index (κ3) is 5.26. The number of nitro benzene ring substituents is 1. The highest BCUT2D eigenvalue weighted by atomic mass is 19.1. The van der Waals surface area contributed by atoms with Crippen molar-refractivity contribution in [1.82, 2.24) is 5.32 Å². The van der Waals surface area contributed by atoms with Gasteiger partial charge in [-0.2, -0.15) is 4.39 Å². The maximum Gasteiger partial charge on any atom is 0.306 e. The normalized spacial score (nSPS) is 11.4. The van der Waals surface area contributed by atoms with Gasteiger partial charge < -0.3 is 10.6 Å². The molecule has 7 nitrogen and oxygen atoms in total. The molecule has 0 aliphatic heterocycles. The summed E-state index contributed by atoms with van der Waals surface area (Å²) in [5.41, 5.74) is 0.512. The average molecular weight is 407 g/mol. The van der Waals surface area contributed by atoms with Gasteiger partial charge in [-0.15, -0.1) is 0 Å². The molecule has 2 N–H and O–H groups in total. The molecule has 0 spiro atoms. The van der Waals surface area contributed by atoms with Gasteiger partial charge in [-0.1, -0.05) is 48.5 Å². The number of carbonyl (C=O) groups is 2. The zero-order valence-corrected chi connectivity index (χ0v) is 15.7. The summed E-state index contributed by atoms with van der Waals surface area (Å²) < 4.78 is 13.6. The molecule has 0 aliphatic carbocycles. The Bertz CT molecular complexity index is 1060. The number of nitrogens with zero attached hydrogens (tertiary/aromatic N) is 1. The van der Waals surface area contributed by atoms with E-state index in [1.165, 1.54) is 6.07 Å². The molecule has 8 heteroatoms. The topological polar surface area (TPSA) is 101 Å². The zero-order chi connectivity index (χ0) is 21.5. The van der Waals surface area contributed by atoms with E-state index in [9.17, 15) is 24.1 Å². The number of carbonyl (C=O) groups excluding carboxylic acids is 2. The van der Waals surface area contributed by atoms with Gasteiger partial charge in [0.1, 0.15) is 6.04 Å². The summed E-state index contributed by atoms with van der Waals surface area (Å²) in [6.07, 6.45) is 0.203. The Morgan fingerprint density at radius 3 is 2.23 bits per heavy atom. The number of hydrogen-bond acceptors (Lipinski definition) is 4. The summed E-state index contributed by atoms with van der Waals surface area (Å²) in [6.45, 7) is 0. The summed E-state index contributed by atoms with van der Waals surface area (Å²) in [4.78, 5) is 35.5. The van der Waals surface area contributed by atoms with Crippen LogP contribution >= 0.6 is 0 Å². The lowest BCUT2D eigenvalue weighted by Gasteiger charge is -2.19. The molecule has 0 heterocycles. The minimum absolute atomic E-state index is 0.0557. The van der Waals surface area contributed by atoms with Gasteiger partial charge in [0.05, 0.1) is 4.92 Å². The van der Waals surface area contributed by atoms with Gasteiger partial charge in [0.15, 0.2) is 0 Å². The quantitative estimate of drug-likeness (QED) is 0.460. The lowest BCUT2D eigenvalue weighted by Crippen LogP contribution is -2.45. The molecule has 1 atom stereocenters. The van der Waals surface area contributed by atoms with Gasteiger partial charge in [-0.05, 0) is 29.8 Å². The van der Waals surface area contributed by atoms with Gasteiger partial charge in [0.25, 0.3) is 5.91 Å². The minimum atomic E-state index is -1.00. The van der Waals surface area contributed by atoms with E-state index < -0.39 is 34.3 Å². The molecule has 0 saturated heterocycles. The molecule has 0 aliphatic rings. The van der Waals surface area contributed by atoms with E-state index in [-0.39, 0.29) is 12.1 Å². The van der Waals surface area contributed by atoms with Crippen LogP contribution in [0.5, 0.6) is 0 Å². The molecule has 3 aromatic carbocycles. The lowest BCUT2D eigenvalue weighted by atomic mass is 10.0. The fraction of sp³-hybridized carbons (Fsp3) is 0.0909. The monoisotopic (exact) mass is 407 g/mol. The molecule has 3 aromatic rings. The first kappa shape index (κ1) is 20.7. The fourth-order valence-corrected chi connectivity index (χ4v) is 2.85. The third-order valence-corrected chi connectivity index (χ3v) is 4.35. The number of anilines is 1. The molecule has 0 saturated carbocycles. The van der Waals surface area contributed by atoms with Crippen molar-refractivity contribution in [2.24, 2.45) is 0 Å². The van der Waals surface area contributed by atoms with Crippen LogP contribution in [0.3, 0.4) is 0 Å². The Hall–Kier alpha value is -4.07. The largest absolute Gasteiger partial charge is 0.340 e. The summed E-state index contributed by atoms with van der Waals surface area (Å²) >= 11 is 0. The Labute approximate surface area is 171 Å². The summed E-state index contributed by atoms with van der Waals surface area (Å²) in [6, 6.07) is 19.6. The summed E-state index contributed by atoms with van der Waals surface area (Å²) in [7, 11) is 0. The minimum Gasteiger partial charge on any atom is -0.340 e. The van der Waals surface area contributed by atoms with E-state index >= 15 is 0 Å². The van der Waals surface area contributed by atoms with Crippen molar-refractivity contribution < 1.29 is 18.9 Å². The Balaban J connectivity index is 1.81. The molecule has 0 radical (unpaired) electrons. The molecule has 1 unspecified atom stereocenters. The molecule has 3 rings (SSSR count). The van der Waals surface area contributed by atoms with Crippen molar-refractivity contribution in [3.05, 3.63) is 106 Å². The van der Waals surface area contributed by atoms with Gasteiger partial charge in [-0.25, -0.2) is 0 Å². The van der Waals surface area contributed by atoms with Gasteiger partial charge >= 0.3 is 5.69 Å². The fourth-order valence-electron chi connectivity index (χ4n) is 2.85. The first-order valence-electron chi connectivity index (χ1n) is 9.08. The maximum absolute atomic E-state index is 13.6. The highest BCUT2D eigenvalue weighted by Gasteiger charge is 2.23. The van der Waals surface area contributed by atoms with Gasteiger partial charge in [0, 0.05) is 23.7 Å². The number of nitro groups is 1. The molecule has 30 heavy (non-hydrogen) atoms. The van der Waals surface area contributed by atoms with Crippen LogP contribution < -0.4 is 10.6 Å². The van der Waals surface area contributed by atoms with Crippen LogP contribution in [-0.2, 0) is 11.2 Å². The van der Waals surface area contributed by atoms with E-state index in [0.29, 0.717) is 5.56 Å². The molecule has 0 fully saturated rings. The Morgan fingerprint density at radius 1 is 0.967 bits per heavy atom. The van der Waals surface area contributed by atoms with Crippen LogP contribution in [0, 0.1) is 15.9 Å². The Kier molecular flexibility index (Phi) is 6.49. The molecule has 152 valence electrons. The van der Waals surface area contributed by atoms with Crippen molar-refractivity contribution in [1.29, 1.82) is 0 Å². The number of hydrogen-bond donors (Lipinski definition) is 2. The second kappa shape index (κ2) is 9.42. The smallest absolute Gasteiger partial charge is 0.306 e. The molecule has 2 amide bonds. The van der Waals surface area contributed by atoms with Gasteiger partial charge in [0.2, 0.25) is 11.7 Å². The standard InChI is InChI=1S/C22H18FN3O4/c23-18-12-11-17(14-20(18)26(29)30)24-22(28)19(13-15-7-3-1-4-8-15)25-21(27)16-9-5-2-6-10-16/h1-12,14,19H,13H2,(H,24,28)(H,25,27). The number of halogens is 1.